The van der Waals surface area contributed by atoms with Gasteiger partial charge in [-0.1, -0.05) is 18.2 Å². The van der Waals surface area contributed by atoms with Gasteiger partial charge >= 0.3 is 0 Å². The number of thiocarbonyl (C=S) groups is 1. The van der Waals surface area contributed by atoms with Gasteiger partial charge in [0.05, 0.1) is 6.04 Å². The molecule has 4 rings (SSSR count). The fraction of sp³-hybridized carbons (Fsp3) is 0.227. The van der Waals surface area contributed by atoms with E-state index in [4.69, 9.17) is 12.2 Å². The molecule has 2 heterocycles. The van der Waals surface area contributed by atoms with Gasteiger partial charge in [-0.3, -0.25) is 0 Å². The zero-order chi connectivity index (χ0) is 19.0. The number of benzene rings is 2. The summed E-state index contributed by atoms with van der Waals surface area (Å²) in [5.74, 6) is -0.229. The highest BCUT2D eigenvalue weighted by atomic mass is 32.1. The largest absolute Gasteiger partial charge is 0.348 e. The summed E-state index contributed by atoms with van der Waals surface area (Å²) in [5.41, 5.74) is 5.58. The Labute approximate surface area is 164 Å². The van der Waals surface area contributed by atoms with E-state index in [-0.39, 0.29) is 11.9 Å². The summed E-state index contributed by atoms with van der Waals surface area (Å²) in [6.45, 7) is 5.82. The van der Waals surface area contributed by atoms with E-state index in [9.17, 15) is 4.39 Å². The maximum Gasteiger partial charge on any atom is 0.174 e. The Morgan fingerprint density at radius 3 is 2.44 bits per heavy atom. The van der Waals surface area contributed by atoms with Gasteiger partial charge in [-0.25, -0.2) is 4.39 Å². The zero-order valence-electron chi connectivity index (χ0n) is 15.4. The van der Waals surface area contributed by atoms with Crippen LogP contribution in [0.1, 0.15) is 28.4 Å². The molecule has 0 saturated carbocycles. The van der Waals surface area contributed by atoms with Crippen molar-refractivity contribution in [2.75, 3.05) is 11.9 Å². The van der Waals surface area contributed by atoms with E-state index in [1.54, 1.807) is 0 Å². The molecule has 3 aromatic rings. The van der Waals surface area contributed by atoms with Gasteiger partial charge < -0.3 is 14.8 Å². The number of aromatic nitrogens is 1. The Hall–Kier alpha value is -2.66. The van der Waals surface area contributed by atoms with Gasteiger partial charge in [-0.15, -0.1) is 0 Å². The fourth-order valence-electron chi connectivity index (χ4n) is 3.84. The first kappa shape index (κ1) is 17.7. The number of aryl methyl sites for hydroxylation is 2. The standard InChI is InChI=1S/C22H22FN3S/c1-15-12-16(2)14-19(13-15)24-22(27)26-11-10-25-9-3-4-20(25)21(26)17-5-7-18(23)8-6-17/h3-9,12-14,21H,10-11H2,1-2H3,(H,24,27). The van der Waals surface area contributed by atoms with Gasteiger partial charge in [-0.05, 0) is 79.2 Å². The third-order valence-corrected chi connectivity index (χ3v) is 5.29. The molecule has 0 radical (unpaired) electrons. The molecule has 2 aromatic carbocycles. The van der Waals surface area contributed by atoms with Crippen molar-refractivity contribution in [3.05, 3.63) is 89.0 Å². The highest BCUT2D eigenvalue weighted by molar-refractivity contribution is 7.80. The van der Waals surface area contributed by atoms with Crippen LogP contribution in [-0.2, 0) is 6.54 Å². The molecule has 0 amide bonds. The summed E-state index contributed by atoms with van der Waals surface area (Å²) in [7, 11) is 0. The second-order valence-corrected chi connectivity index (χ2v) is 7.47. The van der Waals surface area contributed by atoms with Crippen LogP contribution in [0.4, 0.5) is 10.1 Å². The van der Waals surface area contributed by atoms with Crippen molar-refractivity contribution < 1.29 is 4.39 Å². The van der Waals surface area contributed by atoms with Crippen LogP contribution in [0.25, 0.3) is 0 Å². The Balaban J connectivity index is 1.67. The van der Waals surface area contributed by atoms with Crippen LogP contribution in [0.5, 0.6) is 0 Å². The molecule has 138 valence electrons. The molecule has 27 heavy (non-hydrogen) atoms. The quantitative estimate of drug-likeness (QED) is 0.630. The maximum atomic E-state index is 13.5. The van der Waals surface area contributed by atoms with Crippen molar-refractivity contribution >= 4 is 23.0 Å². The summed E-state index contributed by atoms with van der Waals surface area (Å²) >= 11 is 5.78. The molecular weight excluding hydrogens is 357 g/mol. The first-order chi connectivity index (χ1) is 13.0. The third-order valence-electron chi connectivity index (χ3n) is 4.96. The van der Waals surface area contributed by atoms with E-state index >= 15 is 0 Å². The summed E-state index contributed by atoms with van der Waals surface area (Å²) in [5, 5.41) is 4.08. The first-order valence-electron chi connectivity index (χ1n) is 9.08. The number of halogens is 1. The summed E-state index contributed by atoms with van der Waals surface area (Å²) in [6.07, 6.45) is 2.09. The second-order valence-electron chi connectivity index (χ2n) is 7.08. The maximum absolute atomic E-state index is 13.5. The normalized spacial score (nSPS) is 16.1. The average Bonchev–Trinajstić information content (AvgIpc) is 3.09. The Bertz CT molecular complexity index is 957. The van der Waals surface area contributed by atoms with E-state index in [1.165, 1.54) is 23.3 Å². The third kappa shape index (κ3) is 3.60. The molecule has 1 N–H and O–H groups in total. The van der Waals surface area contributed by atoms with Gasteiger partial charge in [0, 0.05) is 30.7 Å². The monoisotopic (exact) mass is 379 g/mol. The van der Waals surface area contributed by atoms with Crippen molar-refractivity contribution in [3.8, 4) is 0 Å². The van der Waals surface area contributed by atoms with Crippen LogP contribution >= 0.6 is 12.2 Å². The summed E-state index contributed by atoms with van der Waals surface area (Å²) in [6, 6.07) is 17.2. The molecule has 1 aromatic heterocycles. The van der Waals surface area contributed by atoms with E-state index in [1.807, 2.05) is 12.1 Å². The van der Waals surface area contributed by atoms with E-state index in [0.717, 1.165) is 30.0 Å². The minimum atomic E-state index is -0.229. The lowest BCUT2D eigenvalue weighted by Gasteiger charge is -2.39. The minimum Gasteiger partial charge on any atom is -0.348 e. The van der Waals surface area contributed by atoms with Crippen molar-refractivity contribution in [3.63, 3.8) is 0 Å². The van der Waals surface area contributed by atoms with E-state index in [2.05, 4.69) is 65.2 Å². The van der Waals surface area contributed by atoms with Crippen molar-refractivity contribution in [2.24, 2.45) is 0 Å². The molecular formula is C22H22FN3S. The number of fused-ring (bicyclic) bond motifs is 1. The molecule has 5 heteroatoms. The van der Waals surface area contributed by atoms with E-state index < -0.39 is 0 Å². The Morgan fingerprint density at radius 2 is 1.74 bits per heavy atom. The smallest absolute Gasteiger partial charge is 0.174 e. The Kier molecular flexibility index (Phi) is 4.70. The predicted molar refractivity (Wildman–Crippen MR) is 112 cm³/mol. The topological polar surface area (TPSA) is 20.2 Å². The first-order valence-corrected chi connectivity index (χ1v) is 9.48. The Morgan fingerprint density at radius 1 is 1.04 bits per heavy atom. The number of rotatable bonds is 2. The number of nitrogens with zero attached hydrogens (tertiary/aromatic N) is 2. The predicted octanol–water partition coefficient (Wildman–Crippen LogP) is 5.05. The molecule has 1 atom stereocenters. The van der Waals surface area contributed by atoms with Crippen LogP contribution in [-0.4, -0.2) is 21.1 Å². The lowest BCUT2D eigenvalue weighted by molar-refractivity contribution is 0.293. The van der Waals surface area contributed by atoms with Crippen LogP contribution in [0.15, 0.2) is 60.8 Å². The second kappa shape index (κ2) is 7.16. The van der Waals surface area contributed by atoms with Crippen LogP contribution in [0, 0.1) is 19.7 Å². The zero-order valence-corrected chi connectivity index (χ0v) is 16.3. The number of hydrogen-bond donors (Lipinski definition) is 1. The van der Waals surface area contributed by atoms with Crippen molar-refractivity contribution in [1.82, 2.24) is 9.47 Å². The molecule has 1 aliphatic heterocycles. The molecule has 3 nitrogen and oxygen atoms in total. The highest BCUT2D eigenvalue weighted by Gasteiger charge is 2.30. The summed E-state index contributed by atoms with van der Waals surface area (Å²) in [4.78, 5) is 2.19. The van der Waals surface area contributed by atoms with Gasteiger partial charge in [0.15, 0.2) is 5.11 Å². The SMILES string of the molecule is Cc1cc(C)cc(NC(=S)N2CCn3cccc3C2c2ccc(F)cc2)c1. The molecule has 1 aliphatic rings. The fourth-order valence-corrected chi connectivity index (χ4v) is 4.15. The van der Waals surface area contributed by atoms with Crippen molar-refractivity contribution in [2.45, 2.75) is 26.4 Å². The number of hydrogen-bond acceptors (Lipinski definition) is 1. The van der Waals surface area contributed by atoms with Gasteiger partial charge in [0.25, 0.3) is 0 Å². The van der Waals surface area contributed by atoms with Crippen molar-refractivity contribution in [1.29, 1.82) is 0 Å². The lowest BCUT2D eigenvalue weighted by atomic mass is 10.0. The van der Waals surface area contributed by atoms with Crippen LogP contribution in [0.2, 0.25) is 0 Å². The number of anilines is 1. The molecule has 0 bridgehead atoms. The van der Waals surface area contributed by atoms with Crippen LogP contribution in [0.3, 0.4) is 0 Å². The molecule has 0 aliphatic carbocycles. The highest BCUT2D eigenvalue weighted by Crippen LogP contribution is 2.33. The van der Waals surface area contributed by atoms with E-state index in [0.29, 0.717) is 5.11 Å². The lowest BCUT2D eigenvalue weighted by Crippen LogP contribution is -2.44. The minimum absolute atomic E-state index is 0.0414. The molecule has 0 saturated heterocycles. The van der Waals surface area contributed by atoms with Gasteiger partial charge in [0.2, 0.25) is 0 Å². The van der Waals surface area contributed by atoms with Gasteiger partial charge in [0.1, 0.15) is 5.82 Å². The van der Waals surface area contributed by atoms with Crippen LogP contribution < -0.4 is 5.32 Å². The molecule has 1 unspecified atom stereocenters. The summed E-state index contributed by atoms with van der Waals surface area (Å²) < 4.78 is 15.7. The molecule has 0 spiro atoms. The number of nitrogens with one attached hydrogen (secondary N) is 1. The molecule has 0 fully saturated rings. The van der Waals surface area contributed by atoms with Gasteiger partial charge in [-0.2, -0.15) is 0 Å². The average molecular weight is 380 g/mol.